The maximum Gasteiger partial charge on any atom is 0.341 e. The van der Waals surface area contributed by atoms with E-state index in [1.807, 2.05) is 19.1 Å². The molecule has 2 N–H and O–H groups in total. The smallest absolute Gasteiger partial charge is 0.341 e. The number of nitrogens with one attached hydrogen (secondary N) is 1. The van der Waals surface area contributed by atoms with E-state index in [0.717, 1.165) is 15.6 Å². The van der Waals surface area contributed by atoms with Crippen molar-refractivity contribution in [1.82, 2.24) is 4.98 Å². The predicted molar refractivity (Wildman–Crippen MR) is 71.9 cm³/mol. The van der Waals surface area contributed by atoms with Crippen LogP contribution in [0.5, 0.6) is 0 Å². The van der Waals surface area contributed by atoms with Gasteiger partial charge in [-0.1, -0.05) is 22.0 Å². The monoisotopic (exact) mass is 307 g/mol. The Labute approximate surface area is 111 Å². The van der Waals surface area contributed by atoms with Gasteiger partial charge in [0, 0.05) is 16.2 Å². The summed E-state index contributed by atoms with van der Waals surface area (Å²) in [6, 6.07) is 7.13. The van der Waals surface area contributed by atoms with Gasteiger partial charge in [-0.15, -0.1) is 0 Å². The summed E-state index contributed by atoms with van der Waals surface area (Å²) in [5, 5.41) is 9.14. The zero-order valence-corrected chi connectivity index (χ0v) is 11.1. The van der Waals surface area contributed by atoms with Crippen LogP contribution in [0.2, 0.25) is 0 Å². The Morgan fingerprint density at radius 1 is 1.28 bits per heavy atom. The zero-order valence-electron chi connectivity index (χ0n) is 9.53. The predicted octanol–water partition coefficient (Wildman–Crippen LogP) is 2.81. The van der Waals surface area contributed by atoms with E-state index in [1.54, 1.807) is 12.1 Å². The molecule has 1 heterocycles. The van der Waals surface area contributed by atoms with Crippen molar-refractivity contribution in [3.8, 4) is 11.1 Å². The van der Waals surface area contributed by atoms with Crippen LogP contribution in [0, 0.1) is 6.92 Å². The lowest BCUT2D eigenvalue weighted by atomic mass is 9.97. The number of carbonyl (C=O) groups is 1. The lowest BCUT2D eigenvalue weighted by Gasteiger charge is -2.09. The molecule has 2 rings (SSSR count). The molecule has 0 unspecified atom stereocenters. The zero-order chi connectivity index (χ0) is 13.3. The number of aromatic nitrogens is 1. The van der Waals surface area contributed by atoms with E-state index in [0.29, 0.717) is 5.56 Å². The maximum absolute atomic E-state index is 11.6. The van der Waals surface area contributed by atoms with Crippen molar-refractivity contribution in [3.63, 3.8) is 0 Å². The van der Waals surface area contributed by atoms with Crippen LogP contribution in [0.25, 0.3) is 11.1 Å². The molecule has 0 aliphatic rings. The Morgan fingerprint density at radius 3 is 2.67 bits per heavy atom. The second kappa shape index (κ2) is 4.78. The van der Waals surface area contributed by atoms with Crippen molar-refractivity contribution in [2.24, 2.45) is 0 Å². The minimum atomic E-state index is -1.23. The Bertz CT molecular complexity index is 676. The molecule has 0 aliphatic carbocycles. The molecule has 2 aromatic rings. The van der Waals surface area contributed by atoms with E-state index in [-0.39, 0.29) is 5.56 Å². The summed E-state index contributed by atoms with van der Waals surface area (Å²) < 4.78 is 0.833. The van der Waals surface area contributed by atoms with Gasteiger partial charge in [-0.05, 0) is 36.2 Å². The molecule has 18 heavy (non-hydrogen) atoms. The summed E-state index contributed by atoms with van der Waals surface area (Å²) in [5.41, 5.74) is 1.22. The molecule has 0 bridgehead atoms. The third-order valence-corrected chi connectivity index (χ3v) is 3.16. The summed E-state index contributed by atoms with van der Waals surface area (Å²) in [5.74, 6) is -1.23. The Morgan fingerprint density at radius 2 is 2.00 bits per heavy atom. The second-order valence-electron chi connectivity index (χ2n) is 3.86. The second-order valence-corrected chi connectivity index (χ2v) is 4.78. The van der Waals surface area contributed by atoms with Crippen LogP contribution in [0.4, 0.5) is 0 Å². The molecule has 0 aliphatic heterocycles. The standard InChI is InChI=1S/C13H10BrNO3/c1-7-2-3-8(14)6-10(7)9-4-5-15-12(16)11(9)13(17)18/h2-6H,1H3,(H,15,16)(H,17,18). The highest BCUT2D eigenvalue weighted by Crippen LogP contribution is 2.27. The number of carboxylic acids is 1. The van der Waals surface area contributed by atoms with Gasteiger partial charge >= 0.3 is 5.97 Å². The quantitative estimate of drug-likeness (QED) is 0.896. The Balaban J connectivity index is 2.79. The van der Waals surface area contributed by atoms with E-state index in [4.69, 9.17) is 5.11 Å². The SMILES string of the molecule is Cc1ccc(Br)cc1-c1cc[nH]c(=O)c1C(=O)O. The van der Waals surface area contributed by atoms with Gasteiger partial charge in [0.15, 0.2) is 0 Å². The number of carboxylic acid groups (broad SMARTS) is 1. The molecule has 0 saturated heterocycles. The summed E-state index contributed by atoms with van der Waals surface area (Å²) in [6.45, 7) is 1.87. The number of H-pyrrole nitrogens is 1. The normalized spacial score (nSPS) is 10.3. The highest BCUT2D eigenvalue weighted by molar-refractivity contribution is 9.10. The fourth-order valence-corrected chi connectivity index (χ4v) is 2.16. The molecule has 0 atom stereocenters. The van der Waals surface area contributed by atoms with Gasteiger partial charge in [0.1, 0.15) is 5.56 Å². The van der Waals surface area contributed by atoms with E-state index in [2.05, 4.69) is 20.9 Å². The fraction of sp³-hybridized carbons (Fsp3) is 0.0769. The molecule has 0 fully saturated rings. The lowest BCUT2D eigenvalue weighted by molar-refractivity contribution is 0.0696. The van der Waals surface area contributed by atoms with Gasteiger partial charge in [0.05, 0.1) is 0 Å². The topological polar surface area (TPSA) is 70.2 Å². The summed E-state index contributed by atoms with van der Waals surface area (Å²) >= 11 is 3.34. The molecule has 0 spiro atoms. The Hall–Kier alpha value is -1.88. The first-order chi connectivity index (χ1) is 8.50. The number of hydrogen-bond donors (Lipinski definition) is 2. The average Bonchev–Trinajstić information content (AvgIpc) is 2.31. The molecule has 92 valence electrons. The van der Waals surface area contributed by atoms with E-state index >= 15 is 0 Å². The largest absolute Gasteiger partial charge is 0.477 e. The van der Waals surface area contributed by atoms with Gasteiger partial charge in [0.25, 0.3) is 5.56 Å². The van der Waals surface area contributed by atoms with Crippen molar-refractivity contribution in [1.29, 1.82) is 0 Å². The van der Waals surface area contributed by atoms with Crippen LogP contribution in [-0.4, -0.2) is 16.1 Å². The van der Waals surface area contributed by atoms with Gasteiger partial charge in [-0.3, -0.25) is 4.79 Å². The van der Waals surface area contributed by atoms with E-state index in [1.165, 1.54) is 6.20 Å². The van der Waals surface area contributed by atoms with Gasteiger partial charge in [-0.25, -0.2) is 4.79 Å². The first-order valence-electron chi connectivity index (χ1n) is 5.22. The molecule has 1 aromatic heterocycles. The molecule has 0 saturated carbocycles. The summed E-state index contributed by atoms with van der Waals surface area (Å²) in [7, 11) is 0. The highest BCUT2D eigenvalue weighted by Gasteiger charge is 2.17. The Kier molecular flexibility index (Phi) is 3.34. The molecule has 4 nitrogen and oxygen atoms in total. The van der Waals surface area contributed by atoms with Crippen LogP contribution in [0.3, 0.4) is 0 Å². The number of aromatic carboxylic acids is 1. The van der Waals surface area contributed by atoms with Crippen molar-refractivity contribution < 1.29 is 9.90 Å². The number of rotatable bonds is 2. The molecular formula is C13H10BrNO3. The summed E-state index contributed by atoms with van der Waals surface area (Å²) in [4.78, 5) is 25.2. The number of hydrogen-bond acceptors (Lipinski definition) is 2. The van der Waals surface area contributed by atoms with Crippen LogP contribution < -0.4 is 5.56 Å². The highest BCUT2D eigenvalue weighted by atomic mass is 79.9. The molecule has 0 amide bonds. The van der Waals surface area contributed by atoms with Crippen LogP contribution in [0.1, 0.15) is 15.9 Å². The van der Waals surface area contributed by atoms with Gasteiger partial charge in [-0.2, -0.15) is 0 Å². The van der Waals surface area contributed by atoms with Gasteiger partial charge < -0.3 is 10.1 Å². The number of halogens is 1. The first kappa shape index (κ1) is 12.6. The van der Waals surface area contributed by atoms with Crippen molar-refractivity contribution in [3.05, 3.63) is 56.4 Å². The molecule has 1 aromatic carbocycles. The molecule has 5 heteroatoms. The lowest BCUT2D eigenvalue weighted by Crippen LogP contribution is -2.18. The molecular weight excluding hydrogens is 298 g/mol. The third-order valence-electron chi connectivity index (χ3n) is 2.66. The fourth-order valence-electron chi connectivity index (χ4n) is 1.80. The minimum Gasteiger partial charge on any atom is -0.477 e. The summed E-state index contributed by atoms with van der Waals surface area (Å²) in [6.07, 6.45) is 1.45. The maximum atomic E-state index is 11.6. The van der Waals surface area contributed by atoms with Crippen molar-refractivity contribution >= 4 is 21.9 Å². The van der Waals surface area contributed by atoms with Crippen molar-refractivity contribution in [2.45, 2.75) is 6.92 Å². The number of pyridine rings is 1. The van der Waals surface area contributed by atoms with E-state index < -0.39 is 11.5 Å². The van der Waals surface area contributed by atoms with E-state index in [9.17, 15) is 9.59 Å². The van der Waals surface area contributed by atoms with Crippen LogP contribution in [-0.2, 0) is 0 Å². The van der Waals surface area contributed by atoms with Gasteiger partial charge in [0.2, 0.25) is 0 Å². The average molecular weight is 308 g/mol. The number of aryl methyl sites for hydroxylation is 1. The molecule has 0 radical (unpaired) electrons. The third kappa shape index (κ3) is 2.22. The first-order valence-corrected chi connectivity index (χ1v) is 6.01. The number of aromatic amines is 1. The van der Waals surface area contributed by atoms with Crippen LogP contribution >= 0.6 is 15.9 Å². The number of benzene rings is 1. The minimum absolute atomic E-state index is 0.237. The van der Waals surface area contributed by atoms with Crippen LogP contribution in [0.15, 0.2) is 39.7 Å². The van der Waals surface area contributed by atoms with Crippen molar-refractivity contribution in [2.75, 3.05) is 0 Å².